The molecule has 1 heterocycles. The Hall–Kier alpha value is -3.04. The lowest BCUT2D eigenvalue weighted by Gasteiger charge is -2.10. The number of nitrogens with zero attached hydrogens (tertiary/aromatic N) is 1. The van der Waals surface area contributed by atoms with E-state index in [4.69, 9.17) is 13.9 Å². The maximum atomic E-state index is 12.9. The lowest BCUT2D eigenvalue weighted by molar-refractivity contribution is -0.118. The molecule has 0 radical (unpaired) electrons. The minimum absolute atomic E-state index is 0.0899. The fourth-order valence-electron chi connectivity index (χ4n) is 2.86. The summed E-state index contributed by atoms with van der Waals surface area (Å²) in [7, 11) is 3.09. The zero-order chi connectivity index (χ0) is 22.4. The lowest BCUT2D eigenvalue weighted by atomic mass is 10.2. The Morgan fingerprint density at radius 2 is 1.87 bits per heavy atom. The van der Waals surface area contributed by atoms with Crippen LogP contribution >= 0.6 is 0 Å². The minimum atomic E-state index is -1.47. The van der Waals surface area contributed by atoms with Crippen LogP contribution in [0.15, 0.2) is 46.9 Å². The molecular weight excluding hydrogens is 423 g/mol. The van der Waals surface area contributed by atoms with Crippen LogP contribution in [0.1, 0.15) is 17.0 Å². The molecule has 1 unspecified atom stereocenters. The summed E-state index contributed by atoms with van der Waals surface area (Å²) in [6, 6.07) is 11.1. The third-order valence-corrected chi connectivity index (χ3v) is 5.70. The molecule has 9 heteroatoms. The Labute approximate surface area is 182 Å². The summed E-state index contributed by atoms with van der Waals surface area (Å²) in [5, 5.41) is 2.68. The normalized spacial score (nSPS) is 11.8. The van der Waals surface area contributed by atoms with E-state index in [0.29, 0.717) is 34.4 Å². The van der Waals surface area contributed by atoms with Gasteiger partial charge in [-0.05, 0) is 54.0 Å². The van der Waals surface area contributed by atoms with Crippen LogP contribution in [0, 0.1) is 12.7 Å². The third-order valence-electron chi connectivity index (χ3n) is 4.52. The van der Waals surface area contributed by atoms with Gasteiger partial charge in [-0.15, -0.1) is 0 Å². The van der Waals surface area contributed by atoms with Crippen molar-refractivity contribution in [3.63, 3.8) is 0 Å². The SMILES string of the molecule is COc1ccc(-c2nc(C[S+]([O-])CC(=O)NCc3ccc(F)cc3)c(C)o2)cc1OC. The average Bonchev–Trinajstić information content (AvgIpc) is 3.12. The summed E-state index contributed by atoms with van der Waals surface area (Å²) >= 11 is -1.47. The quantitative estimate of drug-likeness (QED) is 0.506. The van der Waals surface area contributed by atoms with Crippen LogP contribution in [-0.2, 0) is 28.3 Å². The molecule has 0 spiro atoms. The van der Waals surface area contributed by atoms with Crippen molar-refractivity contribution in [2.45, 2.75) is 19.2 Å². The summed E-state index contributed by atoms with van der Waals surface area (Å²) < 4.78 is 41.6. The monoisotopic (exact) mass is 446 g/mol. The first kappa shape index (κ1) is 22.6. The van der Waals surface area contributed by atoms with Gasteiger partial charge in [-0.25, -0.2) is 9.37 Å². The first-order chi connectivity index (χ1) is 14.9. The van der Waals surface area contributed by atoms with Crippen molar-refractivity contribution in [1.82, 2.24) is 10.3 Å². The molecule has 1 aromatic heterocycles. The summed E-state index contributed by atoms with van der Waals surface area (Å²) in [4.78, 5) is 16.5. The molecule has 7 nitrogen and oxygen atoms in total. The van der Waals surface area contributed by atoms with Crippen molar-refractivity contribution in [3.05, 3.63) is 65.3 Å². The topological polar surface area (TPSA) is 96.7 Å². The number of oxazole rings is 1. The van der Waals surface area contributed by atoms with Gasteiger partial charge in [0, 0.05) is 12.1 Å². The predicted octanol–water partition coefficient (Wildman–Crippen LogP) is 3.37. The number of aryl methyl sites for hydroxylation is 1. The highest BCUT2D eigenvalue weighted by molar-refractivity contribution is 7.91. The molecular formula is C22H23FN2O5S. The van der Waals surface area contributed by atoms with Crippen molar-refractivity contribution in [2.24, 2.45) is 0 Å². The summed E-state index contributed by atoms with van der Waals surface area (Å²) in [6.45, 7) is 1.97. The van der Waals surface area contributed by atoms with Crippen molar-refractivity contribution in [3.8, 4) is 23.0 Å². The smallest absolute Gasteiger partial charge is 0.270 e. The number of halogens is 1. The van der Waals surface area contributed by atoms with Crippen LogP contribution in [0.4, 0.5) is 4.39 Å². The molecule has 1 atom stereocenters. The second-order valence-electron chi connectivity index (χ2n) is 6.72. The van der Waals surface area contributed by atoms with E-state index in [-0.39, 0.29) is 29.8 Å². The van der Waals surface area contributed by atoms with E-state index < -0.39 is 11.2 Å². The highest BCUT2D eigenvalue weighted by atomic mass is 32.2. The van der Waals surface area contributed by atoms with Crippen LogP contribution in [-0.4, -0.2) is 35.4 Å². The number of carbonyl (C=O) groups excluding carboxylic acids is 1. The van der Waals surface area contributed by atoms with Crippen LogP contribution in [0.2, 0.25) is 0 Å². The molecule has 164 valence electrons. The van der Waals surface area contributed by atoms with Gasteiger partial charge in [0.25, 0.3) is 5.91 Å². The molecule has 0 bridgehead atoms. The van der Waals surface area contributed by atoms with Gasteiger partial charge in [0.05, 0.1) is 14.2 Å². The molecule has 0 saturated carbocycles. The van der Waals surface area contributed by atoms with E-state index in [9.17, 15) is 13.7 Å². The van der Waals surface area contributed by atoms with Crippen molar-refractivity contribution in [1.29, 1.82) is 0 Å². The second kappa shape index (κ2) is 10.3. The molecule has 0 saturated heterocycles. The molecule has 0 aliphatic carbocycles. The highest BCUT2D eigenvalue weighted by Crippen LogP contribution is 2.32. The molecule has 1 amide bonds. The Balaban J connectivity index is 1.59. The van der Waals surface area contributed by atoms with Crippen molar-refractivity contribution < 1.29 is 27.6 Å². The molecule has 31 heavy (non-hydrogen) atoms. The van der Waals surface area contributed by atoms with Gasteiger partial charge in [0.1, 0.15) is 17.3 Å². The zero-order valence-electron chi connectivity index (χ0n) is 17.4. The molecule has 1 N–H and O–H groups in total. The standard InChI is InChI=1S/C22H23FN2O5S/c1-14-18(25-22(30-14)16-6-9-19(28-2)20(10-16)29-3)12-31(27)13-21(26)24-11-15-4-7-17(23)8-5-15/h4-10H,11-13H2,1-3H3,(H,24,26). The number of hydrogen-bond acceptors (Lipinski definition) is 6. The Kier molecular flexibility index (Phi) is 7.54. The van der Waals surface area contributed by atoms with E-state index in [1.54, 1.807) is 44.4 Å². The number of rotatable bonds is 9. The number of benzene rings is 2. The van der Waals surface area contributed by atoms with Crippen LogP contribution < -0.4 is 14.8 Å². The molecule has 3 aromatic rings. The number of nitrogens with one attached hydrogen (secondary N) is 1. The average molecular weight is 447 g/mol. The Bertz CT molecular complexity index is 1040. The van der Waals surface area contributed by atoms with Gasteiger partial charge in [0.2, 0.25) is 5.89 Å². The predicted molar refractivity (Wildman–Crippen MR) is 115 cm³/mol. The Morgan fingerprint density at radius 3 is 2.55 bits per heavy atom. The number of amides is 1. The van der Waals surface area contributed by atoms with E-state index in [2.05, 4.69) is 10.3 Å². The number of hydrogen-bond donors (Lipinski definition) is 1. The first-order valence-corrected chi connectivity index (χ1v) is 10.9. The van der Waals surface area contributed by atoms with E-state index >= 15 is 0 Å². The zero-order valence-corrected chi connectivity index (χ0v) is 18.3. The summed E-state index contributed by atoms with van der Waals surface area (Å²) in [5.41, 5.74) is 1.97. The maximum Gasteiger partial charge on any atom is 0.270 e. The number of methoxy groups -OCH3 is 2. The summed E-state index contributed by atoms with van der Waals surface area (Å²) in [5.74, 6) is 1.25. The maximum absolute atomic E-state index is 12.9. The van der Waals surface area contributed by atoms with Gasteiger partial charge < -0.3 is 23.8 Å². The van der Waals surface area contributed by atoms with Gasteiger partial charge in [-0.2, -0.15) is 0 Å². The van der Waals surface area contributed by atoms with Crippen LogP contribution in [0.3, 0.4) is 0 Å². The molecule has 2 aromatic carbocycles. The lowest BCUT2D eigenvalue weighted by Crippen LogP contribution is -2.30. The third kappa shape index (κ3) is 5.99. The first-order valence-electron chi connectivity index (χ1n) is 9.44. The fourth-order valence-corrected chi connectivity index (χ4v) is 3.93. The number of ether oxygens (including phenoxy) is 2. The van der Waals surface area contributed by atoms with Gasteiger partial charge in [-0.1, -0.05) is 12.1 Å². The molecule has 0 aliphatic heterocycles. The number of carbonyl (C=O) groups is 1. The Morgan fingerprint density at radius 1 is 1.16 bits per heavy atom. The summed E-state index contributed by atoms with van der Waals surface area (Å²) in [6.07, 6.45) is 0. The second-order valence-corrected chi connectivity index (χ2v) is 8.18. The van der Waals surface area contributed by atoms with Crippen LogP contribution in [0.25, 0.3) is 11.5 Å². The van der Waals surface area contributed by atoms with Gasteiger partial charge >= 0.3 is 0 Å². The van der Waals surface area contributed by atoms with Gasteiger partial charge in [-0.3, -0.25) is 4.79 Å². The van der Waals surface area contributed by atoms with E-state index in [0.717, 1.165) is 5.56 Å². The molecule has 0 fully saturated rings. The minimum Gasteiger partial charge on any atom is -0.616 e. The number of aromatic nitrogens is 1. The molecule has 3 rings (SSSR count). The highest BCUT2D eigenvalue weighted by Gasteiger charge is 2.20. The van der Waals surface area contributed by atoms with Crippen molar-refractivity contribution in [2.75, 3.05) is 20.0 Å². The van der Waals surface area contributed by atoms with Crippen LogP contribution in [0.5, 0.6) is 11.5 Å². The van der Waals surface area contributed by atoms with E-state index in [1.165, 1.54) is 19.2 Å². The fraction of sp³-hybridized carbons (Fsp3) is 0.273. The van der Waals surface area contributed by atoms with Gasteiger partial charge in [0.15, 0.2) is 23.0 Å². The van der Waals surface area contributed by atoms with Crippen molar-refractivity contribution >= 4 is 17.1 Å². The van der Waals surface area contributed by atoms with E-state index in [1.807, 2.05) is 0 Å². The molecule has 0 aliphatic rings. The largest absolute Gasteiger partial charge is 0.616 e.